The number of carbonyl (C=O) groups excluding carboxylic acids is 2. The Bertz CT molecular complexity index is 1150. The van der Waals surface area contributed by atoms with Crippen molar-refractivity contribution in [3.63, 3.8) is 0 Å². The van der Waals surface area contributed by atoms with Crippen molar-refractivity contribution in [3.05, 3.63) is 60.2 Å². The zero-order valence-corrected chi connectivity index (χ0v) is 19.2. The van der Waals surface area contributed by atoms with E-state index in [-0.39, 0.29) is 24.4 Å². The lowest BCUT2D eigenvalue weighted by Gasteiger charge is -2.44. The molecule has 7 nitrogen and oxygen atoms in total. The molecule has 0 unspecified atom stereocenters. The SMILES string of the molecule is C[C@@]1(C(=O)NC2CCCCCCC2)Cn2c(nc3ccccc32)C(=O)N1Cc1ccccn1. The molecule has 0 saturated heterocycles. The van der Waals surface area contributed by atoms with Crippen molar-refractivity contribution >= 4 is 22.8 Å². The second-order valence-corrected chi connectivity index (χ2v) is 9.51. The van der Waals surface area contributed by atoms with Gasteiger partial charge in [0.1, 0.15) is 5.54 Å². The smallest absolute Gasteiger partial charge is 0.291 e. The van der Waals surface area contributed by atoms with Crippen LogP contribution in [0, 0.1) is 0 Å². The minimum Gasteiger partial charge on any atom is -0.351 e. The molecule has 1 aromatic carbocycles. The third-order valence-electron chi connectivity index (χ3n) is 7.13. The summed E-state index contributed by atoms with van der Waals surface area (Å²) in [5, 5.41) is 3.32. The minimum absolute atomic E-state index is 0.0965. The van der Waals surface area contributed by atoms with E-state index in [2.05, 4.69) is 15.3 Å². The maximum absolute atomic E-state index is 13.8. The van der Waals surface area contributed by atoms with Crippen molar-refractivity contribution < 1.29 is 9.59 Å². The molecule has 33 heavy (non-hydrogen) atoms. The van der Waals surface area contributed by atoms with Crippen LogP contribution in [0.2, 0.25) is 0 Å². The first-order valence-electron chi connectivity index (χ1n) is 12.0. The lowest BCUT2D eigenvalue weighted by atomic mass is 9.92. The predicted molar refractivity (Wildman–Crippen MR) is 126 cm³/mol. The molecule has 172 valence electrons. The first-order chi connectivity index (χ1) is 16.1. The fourth-order valence-electron chi connectivity index (χ4n) is 5.17. The van der Waals surface area contributed by atoms with Gasteiger partial charge in [0.2, 0.25) is 5.91 Å². The van der Waals surface area contributed by atoms with Crippen molar-refractivity contribution in [3.8, 4) is 0 Å². The average molecular weight is 446 g/mol. The van der Waals surface area contributed by atoms with Gasteiger partial charge in [-0.3, -0.25) is 14.6 Å². The third kappa shape index (κ3) is 4.12. The van der Waals surface area contributed by atoms with Crippen LogP contribution >= 0.6 is 0 Å². The van der Waals surface area contributed by atoms with Gasteiger partial charge in [-0.05, 0) is 44.0 Å². The van der Waals surface area contributed by atoms with Crippen molar-refractivity contribution in [1.82, 2.24) is 24.8 Å². The molecular formula is C26H31N5O2. The van der Waals surface area contributed by atoms with Gasteiger partial charge in [0.25, 0.3) is 5.91 Å². The van der Waals surface area contributed by atoms with Crippen LogP contribution < -0.4 is 5.32 Å². The summed E-state index contributed by atoms with van der Waals surface area (Å²) in [5.74, 6) is 0.0440. The Hall–Kier alpha value is -3.22. The van der Waals surface area contributed by atoms with Gasteiger partial charge in [0.15, 0.2) is 5.82 Å². The maximum atomic E-state index is 13.8. The highest BCUT2D eigenvalue weighted by Crippen LogP contribution is 2.32. The van der Waals surface area contributed by atoms with E-state index in [0.29, 0.717) is 12.4 Å². The molecule has 2 aromatic heterocycles. The van der Waals surface area contributed by atoms with Gasteiger partial charge in [-0.25, -0.2) is 4.98 Å². The summed E-state index contributed by atoms with van der Waals surface area (Å²) >= 11 is 0. The quantitative estimate of drug-likeness (QED) is 0.656. The summed E-state index contributed by atoms with van der Waals surface area (Å²) in [5.41, 5.74) is 1.35. The van der Waals surface area contributed by atoms with E-state index in [1.165, 1.54) is 19.3 Å². The van der Waals surface area contributed by atoms with Crippen LogP contribution in [0.5, 0.6) is 0 Å². The van der Waals surface area contributed by atoms with E-state index >= 15 is 0 Å². The molecule has 2 aliphatic rings. The van der Waals surface area contributed by atoms with Crippen LogP contribution in [0.4, 0.5) is 0 Å². The van der Waals surface area contributed by atoms with Crippen molar-refractivity contribution in [1.29, 1.82) is 0 Å². The number of fused-ring (bicyclic) bond motifs is 3. The number of nitrogens with one attached hydrogen (secondary N) is 1. The Labute approximate surface area is 194 Å². The highest BCUT2D eigenvalue weighted by Gasteiger charge is 2.48. The summed E-state index contributed by atoms with van der Waals surface area (Å²) in [4.78, 5) is 38.3. The van der Waals surface area contributed by atoms with Gasteiger partial charge >= 0.3 is 0 Å². The summed E-state index contributed by atoms with van der Waals surface area (Å²) in [6.07, 6.45) is 9.69. The number of benzene rings is 1. The van der Waals surface area contributed by atoms with E-state index in [1.807, 2.05) is 54.0 Å². The summed E-state index contributed by atoms with van der Waals surface area (Å²) < 4.78 is 1.91. The Balaban J connectivity index is 1.51. The highest BCUT2D eigenvalue weighted by molar-refractivity contribution is 6.01. The molecule has 1 fully saturated rings. The third-order valence-corrected chi connectivity index (χ3v) is 7.13. The van der Waals surface area contributed by atoms with Crippen LogP contribution in [-0.4, -0.2) is 42.8 Å². The second-order valence-electron chi connectivity index (χ2n) is 9.51. The number of carbonyl (C=O) groups is 2. The first kappa shape index (κ1) is 21.6. The zero-order valence-electron chi connectivity index (χ0n) is 19.2. The Morgan fingerprint density at radius 3 is 2.55 bits per heavy atom. The molecule has 7 heteroatoms. The van der Waals surface area contributed by atoms with Gasteiger partial charge in [-0.2, -0.15) is 0 Å². The molecule has 0 bridgehead atoms. The molecule has 1 aliphatic carbocycles. The summed E-state index contributed by atoms with van der Waals surface area (Å²) in [7, 11) is 0. The number of rotatable bonds is 4. The lowest BCUT2D eigenvalue weighted by Crippen LogP contribution is -2.64. The fourth-order valence-corrected chi connectivity index (χ4v) is 5.17. The number of para-hydroxylation sites is 2. The molecule has 1 atom stereocenters. The summed E-state index contributed by atoms with van der Waals surface area (Å²) in [6.45, 7) is 2.50. The van der Waals surface area contributed by atoms with Crippen molar-refractivity contribution in [2.24, 2.45) is 0 Å². The van der Waals surface area contributed by atoms with Crippen molar-refractivity contribution in [2.45, 2.75) is 76.5 Å². The van der Waals surface area contributed by atoms with E-state index in [0.717, 1.165) is 42.4 Å². The molecule has 1 N–H and O–H groups in total. The van der Waals surface area contributed by atoms with E-state index < -0.39 is 5.54 Å². The van der Waals surface area contributed by atoms with E-state index in [4.69, 9.17) is 0 Å². The maximum Gasteiger partial charge on any atom is 0.291 e. The first-order valence-corrected chi connectivity index (χ1v) is 12.0. The Kier molecular flexibility index (Phi) is 5.87. The molecule has 2 amide bonds. The van der Waals surface area contributed by atoms with Gasteiger partial charge < -0.3 is 14.8 Å². The van der Waals surface area contributed by atoms with Crippen LogP contribution in [0.3, 0.4) is 0 Å². The number of pyridine rings is 1. The van der Waals surface area contributed by atoms with Gasteiger partial charge in [0.05, 0.1) is 29.8 Å². The zero-order chi connectivity index (χ0) is 22.8. The number of hydrogen-bond acceptors (Lipinski definition) is 4. The van der Waals surface area contributed by atoms with Crippen molar-refractivity contribution in [2.75, 3.05) is 0 Å². The molecule has 1 saturated carbocycles. The molecule has 5 rings (SSSR count). The van der Waals surface area contributed by atoms with E-state index in [1.54, 1.807) is 11.1 Å². The fraction of sp³-hybridized carbons (Fsp3) is 0.462. The van der Waals surface area contributed by atoms with E-state index in [9.17, 15) is 9.59 Å². The Morgan fingerprint density at radius 2 is 1.79 bits per heavy atom. The normalized spacial score (nSPS) is 22.0. The van der Waals surface area contributed by atoms with Gasteiger partial charge in [-0.15, -0.1) is 0 Å². The largest absolute Gasteiger partial charge is 0.351 e. The molecule has 0 radical (unpaired) electrons. The number of imidazole rings is 1. The topological polar surface area (TPSA) is 80.1 Å². The Morgan fingerprint density at radius 1 is 1.06 bits per heavy atom. The molecule has 1 aliphatic heterocycles. The van der Waals surface area contributed by atoms with Gasteiger partial charge in [0, 0.05) is 12.2 Å². The molecule has 3 aromatic rings. The number of hydrogen-bond donors (Lipinski definition) is 1. The minimum atomic E-state index is -1.05. The second kappa shape index (κ2) is 8.96. The lowest BCUT2D eigenvalue weighted by molar-refractivity contribution is -0.134. The predicted octanol–water partition coefficient (Wildman–Crippen LogP) is 4.08. The van der Waals surface area contributed by atoms with Crippen LogP contribution in [0.1, 0.15) is 68.2 Å². The summed E-state index contributed by atoms with van der Waals surface area (Å²) in [6, 6.07) is 13.5. The van der Waals surface area contributed by atoms with Gasteiger partial charge in [-0.1, -0.05) is 50.3 Å². The molecular weight excluding hydrogens is 414 g/mol. The number of aromatic nitrogens is 3. The standard InChI is InChI=1S/C26H31N5O2/c1-26(25(33)28-19-11-5-3-2-4-6-12-19)18-30-22-15-8-7-14-21(22)29-23(30)24(32)31(26)17-20-13-9-10-16-27-20/h7-10,13-16,19H,2-6,11-12,17-18H2,1H3,(H,28,33)/t26-/m0/s1. The van der Waals surface area contributed by atoms with Crippen LogP contribution in [0.25, 0.3) is 11.0 Å². The van der Waals surface area contributed by atoms with Crippen LogP contribution in [0.15, 0.2) is 48.7 Å². The monoisotopic (exact) mass is 445 g/mol. The average Bonchev–Trinajstić information content (AvgIpc) is 3.17. The number of amides is 2. The van der Waals surface area contributed by atoms with Crippen LogP contribution in [-0.2, 0) is 17.9 Å². The molecule has 3 heterocycles. The highest BCUT2D eigenvalue weighted by atomic mass is 16.2. The molecule has 0 spiro atoms. The number of nitrogens with zero attached hydrogens (tertiary/aromatic N) is 4.